The van der Waals surface area contributed by atoms with Gasteiger partial charge < -0.3 is 10.6 Å². The van der Waals surface area contributed by atoms with E-state index in [1.165, 1.54) is 30.5 Å². The molecule has 1 heterocycles. The number of halogens is 3. The Morgan fingerprint density at radius 1 is 1.00 bits per heavy atom. The lowest BCUT2D eigenvalue weighted by Crippen LogP contribution is -2.15. The lowest BCUT2D eigenvalue weighted by Gasteiger charge is -2.09. The highest BCUT2D eigenvalue weighted by Gasteiger charge is 2.08. The molecule has 0 saturated carbocycles. The average Bonchev–Trinajstić information content (AvgIpc) is 2.62. The minimum atomic E-state index is -0.502. The summed E-state index contributed by atoms with van der Waals surface area (Å²) in [6.07, 6.45) is 1.40. The number of nitrogens with zero attached hydrogens (tertiary/aromatic N) is 1. The third kappa shape index (κ3) is 4.55. The van der Waals surface area contributed by atoms with Gasteiger partial charge >= 0.3 is 0 Å². The van der Waals surface area contributed by atoms with E-state index >= 15 is 0 Å². The van der Waals surface area contributed by atoms with Crippen molar-refractivity contribution in [2.75, 3.05) is 10.6 Å². The first-order valence-electron chi connectivity index (χ1n) is 7.72. The van der Waals surface area contributed by atoms with E-state index < -0.39 is 11.6 Å². The molecule has 2 N–H and O–H groups in total. The summed E-state index contributed by atoms with van der Waals surface area (Å²) in [6, 6.07) is 13.7. The molecular weight excluding hydrogens is 360 g/mol. The minimum Gasteiger partial charge on any atom is -0.340 e. The highest BCUT2D eigenvalue weighted by molar-refractivity contribution is 6.31. The van der Waals surface area contributed by atoms with Gasteiger partial charge in [-0.1, -0.05) is 29.8 Å². The molecule has 4 nitrogen and oxygen atoms in total. The zero-order valence-electron chi connectivity index (χ0n) is 13.5. The lowest BCUT2D eigenvalue weighted by molar-refractivity contribution is -0.115. The summed E-state index contributed by atoms with van der Waals surface area (Å²) >= 11 is 5.73. The van der Waals surface area contributed by atoms with Gasteiger partial charge in [0.15, 0.2) is 0 Å². The third-order valence-electron chi connectivity index (χ3n) is 3.55. The number of nitrogens with one attached hydrogen (secondary N) is 2. The molecule has 26 heavy (non-hydrogen) atoms. The second kappa shape index (κ2) is 7.93. The van der Waals surface area contributed by atoms with Crippen molar-refractivity contribution < 1.29 is 13.6 Å². The zero-order valence-corrected chi connectivity index (χ0v) is 14.2. The molecule has 7 heteroatoms. The maximum Gasteiger partial charge on any atom is 0.228 e. The molecule has 2 aromatic carbocycles. The number of amides is 1. The molecule has 0 radical (unpaired) electrons. The molecule has 0 aliphatic heterocycles. The van der Waals surface area contributed by atoms with Crippen LogP contribution >= 0.6 is 11.6 Å². The smallest absolute Gasteiger partial charge is 0.228 e. The van der Waals surface area contributed by atoms with Gasteiger partial charge in [0.2, 0.25) is 5.91 Å². The largest absolute Gasteiger partial charge is 0.340 e. The molecule has 132 valence electrons. The standard InChI is InChI=1S/C19H14ClF2N3O/c20-15-10-13(5-7-17(15)22)24-18-8-6-14(11-23-18)25-19(26)9-12-3-1-2-4-16(12)21/h1-8,10-11H,9H2,(H,23,24)(H,25,26). The maximum absolute atomic E-state index is 13.6. The van der Waals surface area contributed by atoms with Crippen LogP contribution in [0.5, 0.6) is 0 Å². The van der Waals surface area contributed by atoms with Crippen LogP contribution in [0.2, 0.25) is 5.02 Å². The fourth-order valence-electron chi connectivity index (χ4n) is 2.28. The Labute approximate surface area is 153 Å². The molecule has 0 atom stereocenters. The first-order chi connectivity index (χ1) is 12.5. The summed E-state index contributed by atoms with van der Waals surface area (Å²) in [5.74, 6) is -0.765. The van der Waals surface area contributed by atoms with Gasteiger partial charge in [0.05, 0.1) is 23.3 Å². The molecule has 0 spiro atoms. The Kier molecular flexibility index (Phi) is 5.43. The molecule has 0 unspecified atom stereocenters. The summed E-state index contributed by atoms with van der Waals surface area (Å²) < 4.78 is 26.7. The Balaban J connectivity index is 1.61. The summed E-state index contributed by atoms with van der Waals surface area (Å²) in [5, 5.41) is 5.64. The Bertz CT molecular complexity index is 932. The molecule has 1 aromatic heterocycles. The number of carbonyl (C=O) groups is 1. The van der Waals surface area contributed by atoms with Gasteiger partial charge in [-0.15, -0.1) is 0 Å². The van der Waals surface area contributed by atoms with E-state index in [4.69, 9.17) is 11.6 Å². The van der Waals surface area contributed by atoms with Crippen LogP contribution in [0, 0.1) is 11.6 Å². The molecule has 0 aliphatic rings. The predicted octanol–water partition coefficient (Wildman–Crippen LogP) is 4.94. The van der Waals surface area contributed by atoms with Gasteiger partial charge in [-0.25, -0.2) is 13.8 Å². The van der Waals surface area contributed by atoms with Crippen LogP contribution in [-0.2, 0) is 11.2 Å². The first-order valence-corrected chi connectivity index (χ1v) is 8.10. The Hall–Kier alpha value is -2.99. The SMILES string of the molecule is O=C(Cc1ccccc1F)Nc1ccc(Nc2ccc(F)c(Cl)c2)nc1. The van der Waals surface area contributed by atoms with Gasteiger partial charge in [0.25, 0.3) is 0 Å². The highest BCUT2D eigenvalue weighted by Crippen LogP contribution is 2.22. The van der Waals surface area contributed by atoms with Crippen LogP contribution in [0.15, 0.2) is 60.8 Å². The normalized spacial score (nSPS) is 10.4. The van der Waals surface area contributed by atoms with E-state index in [-0.39, 0.29) is 17.4 Å². The second-order valence-corrected chi connectivity index (χ2v) is 5.91. The van der Waals surface area contributed by atoms with Crippen molar-refractivity contribution in [2.45, 2.75) is 6.42 Å². The predicted molar refractivity (Wildman–Crippen MR) is 97.7 cm³/mol. The minimum absolute atomic E-state index is 0.00651. The van der Waals surface area contributed by atoms with Crippen LogP contribution in [-0.4, -0.2) is 10.9 Å². The average molecular weight is 374 g/mol. The van der Waals surface area contributed by atoms with Gasteiger partial charge in [0.1, 0.15) is 17.5 Å². The van der Waals surface area contributed by atoms with E-state index in [0.717, 1.165) is 0 Å². The Morgan fingerprint density at radius 3 is 2.46 bits per heavy atom. The monoisotopic (exact) mass is 373 g/mol. The lowest BCUT2D eigenvalue weighted by atomic mass is 10.1. The summed E-state index contributed by atoms with van der Waals surface area (Å²) in [5.41, 5.74) is 1.39. The van der Waals surface area contributed by atoms with Gasteiger partial charge in [-0.2, -0.15) is 0 Å². The Morgan fingerprint density at radius 2 is 1.77 bits per heavy atom. The zero-order chi connectivity index (χ0) is 18.5. The van der Waals surface area contributed by atoms with Gasteiger partial charge in [-0.3, -0.25) is 4.79 Å². The van der Waals surface area contributed by atoms with E-state index in [1.807, 2.05) is 0 Å². The number of hydrogen-bond acceptors (Lipinski definition) is 3. The van der Waals surface area contributed by atoms with Crippen molar-refractivity contribution in [3.63, 3.8) is 0 Å². The van der Waals surface area contributed by atoms with Crippen molar-refractivity contribution in [3.8, 4) is 0 Å². The third-order valence-corrected chi connectivity index (χ3v) is 3.84. The molecule has 0 fully saturated rings. The van der Waals surface area contributed by atoms with Crippen molar-refractivity contribution in [2.24, 2.45) is 0 Å². The topological polar surface area (TPSA) is 54.0 Å². The molecule has 3 rings (SSSR count). The van der Waals surface area contributed by atoms with Crippen molar-refractivity contribution in [3.05, 3.63) is 83.0 Å². The fraction of sp³-hybridized carbons (Fsp3) is 0.0526. The van der Waals surface area contributed by atoms with Crippen LogP contribution in [0.25, 0.3) is 0 Å². The van der Waals surface area contributed by atoms with Crippen LogP contribution in [0.1, 0.15) is 5.56 Å². The second-order valence-electron chi connectivity index (χ2n) is 5.50. The van der Waals surface area contributed by atoms with Crippen LogP contribution < -0.4 is 10.6 Å². The number of pyridine rings is 1. The highest BCUT2D eigenvalue weighted by atomic mass is 35.5. The summed E-state index contributed by atoms with van der Waals surface area (Å²) in [4.78, 5) is 16.2. The van der Waals surface area contributed by atoms with Gasteiger partial charge in [-0.05, 0) is 42.0 Å². The fourth-order valence-corrected chi connectivity index (χ4v) is 2.46. The number of rotatable bonds is 5. The molecule has 0 bridgehead atoms. The molecule has 1 amide bonds. The van der Waals surface area contributed by atoms with E-state index in [0.29, 0.717) is 22.8 Å². The van der Waals surface area contributed by atoms with Crippen LogP contribution in [0.4, 0.5) is 26.0 Å². The molecular formula is C19H14ClF2N3O. The number of aromatic nitrogens is 1. The summed E-state index contributed by atoms with van der Waals surface area (Å²) in [6.45, 7) is 0. The number of hydrogen-bond donors (Lipinski definition) is 2. The van der Waals surface area contributed by atoms with E-state index in [9.17, 15) is 13.6 Å². The summed E-state index contributed by atoms with van der Waals surface area (Å²) in [7, 11) is 0. The van der Waals surface area contributed by atoms with E-state index in [1.54, 1.807) is 30.3 Å². The molecule has 0 aliphatic carbocycles. The maximum atomic E-state index is 13.6. The molecule has 0 saturated heterocycles. The first kappa shape index (κ1) is 17.8. The van der Waals surface area contributed by atoms with E-state index in [2.05, 4.69) is 15.6 Å². The van der Waals surface area contributed by atoms with Crippen molar-refractivity contribution >= 4 is 34.7 Å². The van der Waals surface area contributed by atoms with Crippen LogP contribution in [0.3, 0.4) is 0 Å². The number of anilines is 3. The quantitative estimate of drug-likeness (QED) is 0.666. The van der Waals surface area contributed by atoms with Crippen molar-refractivity contribution in [1.29, 1.82) is 0 Å². The molecule has 3 aromatic rings. The van der Waals surface area contributed by atoms with Crippen molar-refractivity contribution in [1.82, 2.24) is 4.98 Å². The number of carbonyl (C=O) groups excluding carboxylic acids is 1. The van der Waals surface area contributed by atoms with Gasteiger partial charge in [0, 0.05) is 5.69 Å². The number of benzene rings is 2.